The van der Waals surface area contributed by atoms with E-state index in [1.165, 1.54) is 0 Å². The van der Waals surface area contributed by atoms with Gasteiger partial charge in [-0.25, -0.2) is 0 Å². The lowest BCUT2D eigenvalue weighted by Gasteiger charge is -2.20. The van der Waals surface area contributed by atoms with Gasteiger partial charge in [-0.1, -0.05) is 86.8 Å². The molecule has 0 fully saturated rings. The highest BCUT2D eigenvalue weighted by Crippen LogP contribution is 2.45. The minimum absolute atomic E-state index is 0.416. The highest BCUT2D eigenvalue weighted by Gasteiger charge is 2.32. The number of rotatable bonds is 16. The minimum atomic E-state index is -4.43. The Morgan fingerprint density at radius 1 is 0.655 bits per heavy atom. The second-order valence-electron chi connectivity index (χ2n) is 6.82. The van der Waals surface area contributed by atoms with Gasteiger partial charge in [0.05, 0.1) is 0 Å². The second-order valence-corrected chi connectivity index (χ2v) is 8.53. The van der Waals surface area contributed by atoms with Crippen molar-refractivity contribution >= 4 is 7.60 Å². The second kappa shape index (κ2) is 18.6. The van der Waals surface area contributed by atoms with Crippen LogP contribution in [0, 0.1) is 5.92 Å². The van der Waals surface area contributed by atoms with Crippen molar-refractivity contribution in [3.63, 3.8) is 0 Å². The van der Waals surface area contributed by atoms with E-state index >= 15 is 0 Å². The summed E-state index contributed by atoms with van der Waals surface area (Å²) in [5.41, 5.74) is 0. The van der Waals surface area contributed by atoms with Crippen LogP contribution in [-0.4, -0.2) is 20.7 Å². The van der Waals surface area contributed by atoms with Gasteiger partial charge in [0.1, 0.15) is 0 Å². The summed E-state index contributed by atoms with van der Waals surface area (Å²) in [6.07, 6.45) is 32.1. The number of allylic oxidation sites excluding steroid dienone is 12. The van der Waals surface area contributed by atoms with Gasteiger partial charge < -0.3 is 14.9 Å². The highest BCUT2D eigenvalue weighted by atomic mass is 31.2. The molecule has 0 amide bonds. The van der Waals surface area contributed by atoms with E-state index in [9.17, 15) is 9.67 Å². The lowest BCUT2D eigenvalue weighted by Crippen LogP contribution is -2.19. The number of aliphatic hydroxyl groups excluding tert-OH is 1. The molecule has 0 aromatic heterocycles. The Labute approximate surface area is 177 Å². The van der Waals surface area contributed by atoms with Crippen molar-refractivity contribution in [2.75, 3.05) is 0 Å². The Morgan fingerprint density at radius 2 is 1.00 bits per heavy atom. The van der Waals surface area contributed by atoms with E-state index in [-0.39, 0.29) is 0 Å². The van der Waals surface area contributed by atoms with Gasteiger partial charge in [0, 0.05) is 0 Å². The average Bonchev–Trinajstić information content (AvgIpc) is 2.68. The molecular formula is C24H39O4P. The molecule has 2 atom stereocenters. The molecule has 0 bridgehead atoms. The van der Waals surface area contributed by atoms with Crippen molar-refractivity contribution in [1.29, 1.82) is 0 Å². The van der Waals surface area contributed by atoms with Gasteiger partial charge in [-0.2, -0.15) is 0 Å². The van der Waals surface area contributed by atoms with Gasteiger partial charge in [0.2, 0.25) is 0 Å². The van der Waals surface area contributed by atoms with Crippen LogP contribution in [0.3, 0.4) is 0 Å². The summed E-state index contributed by atoms with van der Waals surface area (Å²) < 4.78 is 11.1. The van der Waals surface area contributed by atoms with Gasteiger partial charge in [0.25, 0.3) is 0 Å². The fraction of sp³-hybridized carbons (Fsp3) is 0.500. The fourth-order valence-electron chi connectivity index (χ4n) is 2.57. The molecule has 3 N–H and O–H groups in total. The van der Waals surface area contributed by atoms with Crippen LogP contribution in [0.2, 0.25) is 0 Å². The molecule has 0 aliphatic rings. The molecule has 4 nitrogen and oxygen atoms in total. The third-order valence-corrected chi connectivity index (χ3v) is 5.44. The van der Waals surface area contributed by atoms with E-state index in [0.29, 0.717) is 12.8 Å². The molecule has 0 aromatic rings. The highest BCUT2D eigenvalue weighted by molar-refractivity contribution is 7.52. The molecule has 5 heteroatoms. The maximum atomic E-state index is 11.1. The molecule has 0 saturated carbocycles. The lowest BCUT2D eigenvalue weighted by atomic mass is 10.0. The molecule has 0 saturated heterocycles. The Kier molecular flexibility index (Phi) is 17.6. The van der Waals surface area contributed by atoms with Crippen LogP contribution in [-0.2, 0) is 4.57 Å². The van der Waals surface area contributed by atoms with Crippen LogP contribution in [0.5, 0.6) is 0 Å². The van der Waals surface area contributed by atoms with E-state index in [2.05, 4.69) is 67.7 Å². The maximum absolute atomic E-state index is 11.1. The molecule has 0 aliphatic heterocycles. The first-order valence-electron chi connectivity index (χ1n) is 10.6. The minimum Gasteiger partial charge on any atom is -0.380 e. The quantitative estimate of drug-likeness (QED) is 0.193. The molecule has 0 rings (SSSR count). The first kappa shape index (κ1) is 27.5. The first-order chi connectivity index (χ1) is 13.9. The zero-order valence-electron chi connectivity index (χ0n) is 17.9. The standard InChI is InChI=1S/C24H39O4P/c1-3-5-6-7-8-9-10-11-12-13-14-15-16-17-18-19-20-21-22-23(4-2)24(25)29(26,27)28/h5-6,8-9,11-12,14-15,17-18,20-21,23-25H,3-4,7,10,13,16,19,22H2,1-2H3,(H2,26,27,28)/b6-5-,9-8-,12-11-,15-14-,18-17-,21-20-. The SMILES string of the molecule is CC/C=C\C/C=C\C/C=C\C/C=C\C/C=C\C/C=C\CC(CC)C(O)P(=O)(O)O. The number of hydrogen-bond donors (Lipinski definition) is 3. The van der Waals surface area contributed by atoms with Gasteiger partial charge >= 0.3 is 7.60 Å². The Morgan fingerprint density at radius 3 is 1.31 bits per heavy atom. The fourth-order valence-corrected chi connectivity index (χ4v) is 3.45. The Balaban J connectivity index is 3.85. The summed E-state index contributed by atoms with van der Waals surface area (Å²) in [6, 6.07) is 0. The van der Waals surface area contributed by atoms with Gasteiger partial charge in [-0.3, -0.25) is 4.57 Å². The molecule has 0 radical (unpaired) electrons. The third kappa shape index (κ3) is 17.1. The Hall–Kier alpha value is -1.45. The summed E-state index contributed by atoms with van der Waals surface area (Å²) in [4.78, 5) is 18.1. The predicted molar refractivity (Wildman–Crippen MR) is 125 cm³/mol. The van der Waals surface area contributed by atoms with Crippen LogP contribution in [0.1, 0.15) is 65.2 Å². The largest absolute Gasteiger partial charge is 0.380 e. The van der Waals surface area contributed by atoms with E-state index < -0.39 is 19.4 Å². The van der Waals surface area contributed by atoms with Crippen molar-refractivity contribution in [2.24, 2.45) is 5.92 Å². The summed E-state index contributed by atoms with van der Waals surface area (Å²) in [6.45, 7) is 3.96. The van der Waals surface area contributed by atoms with Crippen molar-refractivity contribution < 1.29 is 19.5 Å². The molecule has 0 aliphatic carbocycles. The topological polar surface area (TPSA) is 77.8 Å². The Bertz CT molecular complexity index is 608. The van der Waals surface area contributed by atoms with Crippen LogP contribution in [0.25, 0.3) is 0 Å². The van der Waals surface area contributed by atoms with Crippen LogP contribution in [0.15, 0.2) is 72.9 Å². The predicted octanol–water partition coefficient (Wildman–Crippen LogP) is 6.60. The molecule has 0 heterocycles. The van der Waals surface area contributed by atoms with Gasteiger partial charge in [-0.15, -0.1) is 0 Å². The van der Waals surface area contributed by atoms with Crippen molar-refractivity contribution in [2.45, 2.75) is 71.1 Å². The average molecular weight is 423 g/mol. The first-order valence-corrected chi connectivity index (χ1v) is 12.2. The molecule has 0 spiro atoms. The molecule has 0 aromatic carbocycles. The molecule has 29 heavy (non-hydrogen) atoms. The van der Waals surface area contributed by atoms with Gasteiger partial charge in [0.15, 0.2) is 5.85 Å². The van der Waals surface area contributed by atoms with E-state index in [4.69, 9.17) is 9.79 Å². The zero-order chi connectivity index (χ0) is 21.8. The summed E-state index contributed by atoms with van der Waals surface area (Å²) in [7, 11) is -4.43. The van der Waals surface area contributed by atoms with Crippen molar-refractivity contribution in [1.82, 2.24) is 0 Å². The maximum Gasteiger partial charge on any atom is 0.354 e. The van der Waals surface area contributed by atoms with Crippen LogP contribution < -0.4 is 0 Å². The number of hydrogen-bond acceptors (Lipinski definition) is 2. The summed E-state index contributed by atoms with van der Waals surface area (Å²) >= 11 is 0. The van der Waals surface area contributed by atoms with Crippen molar-refractivity contribution in [3.05, 3.63) is 72.9 Å². The van der Waals surface area contributed by atoms with Crippen LogP contribution in [0.4, 0.5) is 0 Å². The molecule has 2 unspecified atom stereocenters. The normalized spacial score (nSPS) is 15.9. The van der Waals surface area contributed by atoms with Crippen molar-refractivity contribution in [3.8, 4) is 0 Å². The summed E-state index contributed by atoms with van der Waals surface area (Å²) in [5.74, 6) is -1.99. The number of aliphatic hydroxyl groups is 1. The van der Waals surface area contributed by atoms with Gasteiger partial charge in [-0.05, 0) is 57.3 Å². The van der Waals surface area contributed by atoms with E-state index in [0.717, 1.165) is 38.5 Å². The lowest BCUT2D eigenvalue weighted by molar-refractivity contribution is 0.143. The zero-order valence-corrected chi connectivity index (χ0v) is 18.8. The molecule has 164 valence electrons. The monoisotopic (exact) mass is 422 g/mol. The van der Waals surface area contributed by atoms with E-state index in [1.54, 1.807) is 0 Å². The smallest absolute Gasteiger partial charge is 0.354 e. The third-order valence-electron chi connectivity index (χ3n) is 4.33. The van der Waals surface area contributed by atoms with Crippen LogP contribution >= 0.6 is 7.60 Å². The summed E-state index contributed by atoms with van der Waals surface area (Å²) in [5, 5.41) is 9.66. The molecular weight excluding hydrogens is 383 g/mol. The van der Waals surface area contributed by atoms with E-state index in [1.807, 2.05) is 19.1 Å².